The van der Waals surface area contributed by atoms with Crippen LogP contribution in [0.2, 0.25) is 0 Å². The fourth-order valence-corrected chi connectivity index (χ4v) is 3.93. The molecule has 2 atom stereocenters. The Morgan fingerprint density at radius 3 is 2.58 bits per heavy atom. The SMILES string of the molecule is Cl.Cl.NCc1ccc2c(c1)[C@@H]1CNCCN1C[C@H]2c1ccccc1. The van der Waals surface area contributed by atoms with Gasteiger partial charge in [-0.2, -0.15) is 0 Å². The molecule has 3 N–H and O–H groups in total. The number of benzene rings is 2. The molecule has 0 aliphatic carbocycles. The van der Waals surface area contributed by atoms with Gasteiger partial charge in [0.1, 0.15) is 0 Å². The van der Waals surface area contributed by atoms with Gasteiger partial charge in [-0.05, 0) is 22.3 Å². The molecule has 1 fully saturated rings. The van der Waals surface area contributed by atoms with Crippen LogP contribution in [-0.2, 0) is 6.54 Å². The number of fused-ring (bicyclic) bond motifs is 3. The summed E-state index contributed by atoms with van der Waals surface area (Å²) in [5, 5.41) is 3.54. The van der Waals surface area contributed by atoms with Crippen molar-refractivity contribution in [2.75, 3.05) is 26.2 Å². The third kappa shape index (κ3) is 3.46. The predicted molar refractivity (Wildman–Crippen MR) is 104 cm³/mol. The van der Waals surface area contributed by atoms with Crippen LogP contribution in [0.5, 0.6) is 0 Å². The Balaban J connectivity index is 0.00000104. The smallest absolute Gasteiger partial charge is 0.0476 e. The normalized spacial score (nSPS) is 22.5. The summed E-state index contributed by atoms with van der Waals surface area (Å²) in [4.78, 5) is 2.64. The fraction of sp³-hybridized carbons (Fsp3) is 0.368. The lowest BCUT2D eigenvalue weighted by atomic mass is 9.80. The molecule has 4 rings (SSSR count). The largest absolute Gasteiger partial charge is 0.326 e. The second kappa shape index (κ2) is 8.32. The van der Waals surface area contributed by atoms with E-state index in [2.05, 4.69) is 58.7 Å². The second-order valence-electron chi connectivity index (χ2n) is 6.35. The van der Waals surface area contributed by atoms with Crippen LogP contribution in [0.1, 0.15) is 34.2 Å². The Kier molecular flexibility index (Phi) is 6.67. The van der Waals surface area contributed by atoms with Gasteiger partial charge in [-0.1, -0.05) is 48.5 Å². The highest BCUT2D eigenvalue weighted by Gasteiger charge is 2.35. The zero-order valence-electron chi connectivity index (χ0n) is 13.7. The van der Waals surface area contributed by atoms with Crippen LogP contribution in [-0.4, -0.2) is 31.1 Å². The first-order valence-corrected chi connectivity index (χ1v) is 8.19. The van der Waals surface area contributed by atoms with Crippen molar-refractivity contribution in [3.05, 3.63) is 70.8 Å². The van der Waals surface area contributed by atoms with Crippen molar-refractivity contribution >= 4 is 24.8 Å². The molecule has 3 nitrogen and oxygen atoms in total. The highest BCUT2D eigenvalue weighted by atomic mass is 35.5. The van der Waals surface area contributed by atoms with Crippen LogP contribution in [0.3, 0.4) is 0 Å². The maximum absolute atomic E-state index is 5.87. The molecule has 2 aromatic rings. The van der Waals surface area contributed by atoms with Crippen molar-refractivity contribution in [3.63, 3.8) is 0 Å². The molecule has 1 saturated heterocycles. The van der Waals surface area contributed by atoms with Gasteiger partial charge >= 0.3 is 0 Å². The lowest BCUT2D eigenvalue weighted by molar-refractivity contribution is 0.143. The number of hydrogen-bond acceptors (Lipinski definition) is 3. The molecular formula is C19H25Cl2N3. The lowest BCUT2D eigenvalue weighted by Crippen LogP contribution is -2.50. The highest BCUT2D eigenvalue weighted by Crippen LogP contribution is 2.40. The molecule has 2 heterocycles. The molecule has 24 heavy (non-hydrogen) atoms. The van der Waals surface area contributed by atoms with Crippen molar-refractivity contribution in [2.24, 2.45) is 5.73 Å². The molecule has 2 aliphatic heterocycles. The number of piperazine rings is 1. The zero-order chi connectivity index (χ0) is 14.9. The topological polar surface area (TPSA) is 41.3 Å². The minimum atomic E-state index is 0. The Hall–Kier alpha value is -1.10. The molecule has 0 unspecified atom stereocenters. The van der Waals surface area contributed by atoms with Crippen molar-refractivity contribution in [1.29, 1.82) is 0 Å². The van der Waals surface area contributed by atoms with Gasteiger partial charge < -0.3 is 11.1 Å². The predicted octanol–water partition coefficient (Wildman–Crippen LogP) is 3.08. The average molecular weight is 366 g/mol. The highest BCUT2D eigenvalue weighted by molar-refractivity contribution is 5.85. The van der Waals surface area contributed by atoms with E-state index in [0.717, 1.165) is 26.2 Å². The molecule has 0 aromatic heterocycles. The van der Waals surface area contributed by atoms with E-state index in [1.165, 1.54) is 22.3 Å². The maximum Gasteiger partial charge on any atom is 0.0476 e. The van der Waals surface area contributed by atoms with Gasteiger partial charge in [0.05, 0.1) is 0 Å². The molecule has 2 aliphatic rings. The van der Waals surface area contributed by atoms with E-state index >= 15 is 0 Å². The summed E-state index contributed by atoms with van der Waals surface area (Å²) in [6, 6.07) is 18.2. The lowest BCUT2D eigenvalue weighted by Gasteiger charge is -2.44. The van der Waals surface area contributed by atoms with Crippen LogP contribution < -0.4 is 11.1 Å². The van der Waals surface area contributed by atoms with Crippen molar-refractivity contribution in [2.45, 2.75) is 18.5 Å². The Morgan fingerprint density at radius 1 is 1.04 bits per heavy atom. The molecule has 2 aromatic carbocycles. The summed E-state index contributed by atoms with van der Waals surface area (Å²) < 4.78 is 0. The second-order valence-corrected chi connectivity index (χ2v) is 6.35. The summed E-state index contributed by atoms with van der Waals surface area (Å²) in [6.45, 7) is 4.99. The minimum absolute atomic E-state index is 0. The summed E-state index contributed by atoms with van der Waals surface area (Å²) in [7, 11) is 0. The van der Waals surface area contributed by atoms with E-state index in [1.807, 2.05) is 0 Å². The van der Waals surface area contributed by atoms with Gasteiger partial charge in [0.2, 0.25) is 0 Å². The number of rotatable bonds is 2. The monoisotopic (exact) mass is 365 g/mol. The molecular weight excluding hydrogens is 341 g/mol. The van der Waals surface area contributed by atoms with Crippen molar-refractivity contribution < 1.29 is 0 Å². The molecule has 0 spiro atoms. The van der Waals surface area contributed by atoms with Crippen molar-refractivity contribution in [1.82, 2.24) is 10.2 Å². The van der Waals surface area contributed by atoms with Crippen LogP contribution in [0.4, 0.5) is 0 Å². The maximum atomic E-state index is 5.87. The van der Waals surface area contributed by atoms with Gasteiger partial charge in [-0.3, -0.25) is 4.90 Å². The molecule has 5 heteroatoms. The van der Waals surface area contributed by atoms with E-state index < -0.39 is 0 Å². The van der Waals surface area contributed by atoms with E-state index in [1.54, 1.807) is 0 Å². The molecule has 0 bridgehead atoms. The van der Waals surface area contributed by atoms with E-state index in [-0.39, 0.29) is 24.8 Å². The summed E-state index contributed by atoms with van der Waals surface area (Å²) in [5.74, 6) is 0.470. The van der Waals surface area contributed by atoms with Gasteiger partial charge in [0.15, 0.2) is 0 Å². The van der Waals surface area contributed by atoms with Gasteiger partial charge in [0, 0.05) is 44.7 Å². The fourth-order valence-electron chi connectivity index (χ4n) is 3.93. The van der Waals surface area contributed by atoms with Crippen LogP contribution in [0.15, 0.2) is 48.5 Å². The summed E-state index contributed by atoms with van der Waals surface area (Å²) in [5.41, 5.74) is 11.5. The van der Waals surface area contributed by atoms with Crippen LogP contribution in [0.25, 0.3) is 0 Å². The quantitative estimate of drug-likeness (QED) is 0.858. The average Bonchev–Trinajstić information content (AvgIpc) is 2.61. The van der Waals surface area contributed by atoms with Gasteiger partial charge in [-0.15, -0.1) is 24.8 Å². The Morgan fingerprint density at radius 2 is 1.83 bits per heavy atom. The van der Waals surface area contributed by atoms with Gasteiger partial charge in [-0.25, -0.2) is 0 Å². The first kappa shape index (κ1) is 19.2. The first-order valence-electron chi connectivity index (χ1n) is 8.19. The third-order valence-corrected chi connectivity index (χ3v) is 5.09. The molecule has 0 amide bonds. The number of nitrogens with zero attached hydrogens (tertiary/aromatic N) is 1. The third-order valence-electron chi connectivity index (χ3n) is 5.09. The molecule has 130 valence electrons. The number of hydrogen-bond donors (Lipinski definition) is 2. The Bertz CT molecular complexity index is 663. The number of halogens is 2. The van der Waals surface area contributed by atoms with E-state index in [9.17, 15) is 0 Å². The number of nitrogens with one attached hydrogen (secondary N) is 1. The Labute approximate surface area is 156 Å². The summed E-state index contributed by atoms with van der Waals surface area (Å²) >= 11 is 0. The standard InChI is InChI=1S/C19H23N3.2ClH/c20-11-14-6-7-16-17(10-14)19-12-21-8-9-22(19)13-18(16)15-4-2-1-3-5-15;;/h1-7,10,18-19,21H,8-9,11-13,20H2;2*1H/t18-,19-;;/m0../s1. The first-order chi connectivity index (χ1) is 10.9. The number of nitrogens with two attached hydrogens (primary N) is 1. The summed E-state index contributed by atoms with van der Waals surface area (Å²) in [6.07, 6.45) is 0. The molecule has 0 radical (unpaired) electrons. The van der Waals surface area contributed by atoms with Crippen molar-refractivity contribution in [3.8, 4) is 0 Å². The molecule has 0 saturated carbocycles. The van der Waals surface area contributed by atoms with Gasteiger partial charge in [0.25, 0.3) is 0 Å². The van der Waals surface area contributed by atoms with Crippen LogP contribution in [0, 0.1) is 0 Å². The zero-order valence-corrected chi connectivity index (χ0v) is 15.3. The van der Waals surface area contributed by atoms with E-state index in [4.69, 9.17) is 5.73 Å². The minimum Gasteiger partial charge on any atom is -0.326 e. The van der Waals surface area contributed by atoms with E-state index in [0.29, 0.717) is 18.5 Å². The van der Waals surface area contributed by atoms with Crippen LogP contribution >= 0.6 is 24.8 Å².